The highest BCUT2D eigenvalue weighted by Gasteiger charge is 2.13. The van der Waals surface area contributed by atoms with Gasteiger partial charge in [0.05, 0.1) is 25.9 Å². The second kappa shape index (κ2) is 6.49. The molecule has 1 aliphatic rings. The summed E-state index contributed by atoms with van der Waals surface area (Å²) in [6, 6.07) is 0. The number of hydrogen-bond acceptors (Lipinski definition) is 2. The molecule has 90 valence electrons. The zero-order valence-corrected chi connectivity index (χ0v) is 10.6. The third-order valence-electron chi connectivity index (χ3n) is 2.67. The summed E-state index contributed by atoms with van der Waals surface area (Å²) in [5.74, 6) is 0. The SMILES string of the molecule is CC(C)(C)COCCOC1CCCCC1. The van der Waals surface area contributed by atoms with Crippen LogP contribution in [0.5, 0.6) is 0 Å². The molecule has 1 fully saturated rings. The Morgan fingerprint density at radius 2 is 1.67 bits per heavy atom. The fourth-order valence-electron chi connectivity index (χ4n) is 1.88. The molecule has 0 aromatic rings. The van der Waals surface area contributed by atoms with Crippen molar-refractivity contribution in [3.8, 4) is 0 Å². The van der Waals surface area contributed by atoms with Gasteiger partial charge in [0.15, 0.2) is 0 Å². The van der Waals surface area contributed by atoms with Crippen molar-refractivity contribution in [1.82, 2.24) is 0 Å². The van der Waals surface area contributed by atoms with E-state index in [9.17, 15) is 0 Å². The Bertz CT molecular complexity index is 154. The van der Waals surface area contributed by atoms with Crippen LogP contribution in [-0.4, -0.2) is 25.9 Å². The molecule has 1 saturated carbocycles. The van der Waals surface area contributed by atoms with Gasteiger partial charge in [-0.15, -0.1) is 0 Å². The summed E-state index contributed by atoms with van der Waals surface area (Å²) in [5, 5.41) is 0. The molecule has 0 N–H and O–H groups in total. The lowest BCUT2D eigenvalue weighted by molar-refractivity contribution is -0.0225. The van der Waals surface area contributed by atoms with Gasteiger partial charge in [0.1, 0.15) is 0 Å². The van der Waals surface area contributed by atoms with Gasteiger partial charge in [0, 0.05) is 0 Å². The van der Waals surface area contributed by atoms with E-state index in [1.807, 2.05) is 0 Å². The monoisotopic (exact) mass is 214 g/mol. The molecule has 0 bridgehead atoms. The fraction of sp³-hybridized carbons (Fsp3) is 1.00. The maximum absolute atomic E-state index is 5.77. The van der Waals surface area contributed by atoms with Crippen LogP contribution in [-0.2, 0) is 9.47 Å². The summed E-state index contributed by atoms with van der Waals surface area (Å²) in [6.07, 6.45) is 7.08. The van der Waals surface area contributed by atoms with Gasteiger partial charge in [0.25, 0.3) is 0 Å². The number of ether oxygens (including phenoxy) is 2. The predicted octanol–water partition coefficient (Wildman–Crippen LogP) is 3.40. The van der Waals surface area contributed by atoms with Gasteiger partial charge in [-0.2, -0.15) is 0 Å². The Hall–Kier alpha value is -0.0800. The van der Waals surface area contributed by atoms with Crippen molar-refractivity contribution in [1.29, 1.82) is 0 Å². The standard InChI is InChI=1S/C13H26O2/c1-13(2,3)11-14-9-10-15-12-7-5-4-6-8-12/h12H,4-11H2,1-3H3. The van der Waals surface area contributed by atoms with Crippen LogP contribution < -0.4 is 0 Å². The Balaban J connectivity index is 1.92. The highest BCUT2D eigenvalue weighted by Crippen LogP contribution is 2.20. The average Bonchev–Trinajstić information content (AvgIpc) is 2.17. The highest BCUT2D eigenvalue weighted by atomic mass is 16.5. The van der Waals surface area contributed by atoms with Gasteiger partial charge in [-0.25, -0.2) is 0 Å². The van der Waals surface area contributed by atoms with Crippen molar-refractivity contribution in [3.63, 3.8) is 0 Å². The predicted molar refractivity (Wildman–Crippen MR) is 63.1 cm³/mol. The van der Waals surface area contributed by atoms with Gasteiger partial charge >= 0.3 is 0 Å². The van der Waals surface area contributed by atoms with E-state index >= 15 is 0 Å². The van der Waals surface area contributed by atoms with Crippen molar-refractivity contribution >= 4 is 0 Å². The van der Waals surface area contributed by atoms with Crippen LogP contribution in [0.1, 0.15) is 52.9 Å². The van der Waals surface area contributed by atoms with Crippen LogP contribution in [0.25, 0.3) is 0 Å². The Morgan fingerprint density at radius 1 is 1.00 bits per heavy atom. The van der Waals surface area contributed by atoms with Gasteiger partial charge in [-0.1, -0.05) is 40.0 Å². The van der Waals surface area contributed by atoms with E-state index in [1.165, 1.54) is 32.1 Å². The molecule has 0 aliphatic heterocycles. The second-order valence-corrected chi connectivity index (χ2v) is 5.74. The smallest absolute Gasteiger partial charge is 0.0704 e. The molecule has 0 radical (unpaired) electrons. The summed E-state index contributed by atoms with van der Waals surface area (Å²) < 4.78 is 11.3. The molecule has 0 aromatic carbocycles. The lowest BCUT2D eigenvalue weighted by atomic mass is 9.98. The van der Waals surface area contributed by atoms with E-state index in [2.05, 4.69) is 20.8 Å². The molecule has 0 heterocycles. The lowest BCUT2D eigenvalue weighted by Crippen LogP contribution is -2.21. The van der Waals surface area contributed by atoms with Crippen molar-refractivity contribution in [2.75, 3.05) is 19.8 Å². The van der Waals surface area contributed by atoms with Crippen molar-refractivity contribution < 1.29 is 9.47 Å². The van der Waals surface area contributed by atoms with Gasteiger partial charge in [-0.05, 0) is 18.3 Å². The fourth-order valence-corrected chi connectivity index (χ4v) is 1.88. The first kappa shape index (κ1) is 13.0. The molecule has 0 amide bonds. The van der Waals surface area contributed by atoms with E-state index < -0.39 is 0 Å². The van der Waals surface area contributed by atoms with Gasteiger partial charge in [-0.3, -0.25) is 0 Å². The molecule has 2 heteroatoms. The molecule has 15 heavy (non-hydrogen) atoms. The molecular formula is C13H26O2. The number of hydrogen-bond donors (Lipinski definition) is 0. The summed E-state index contributed by atoms with van der Waals surface area (Å²) in [7, 11) is 0. The van der Waals surface area contributed by atoms with E-state index in [1.54, 1.807) is 0 Å². The van der Waals surface area contributed by atoms with Crippen molar-refractivity contribution in [2.24, 2.45) is 5.41 Å². The van der Waals surface area contributed by atoms with Crippen LogP contribution in [0, 0.1) is 5.41 Å². The largest absolute Gasteiger partial charge is 0.379 e. The van der Waals surface area contributed by atoms with E-state index in [-0.39, 0.29) is 5.41 Å². The minimum absolute atomic E-state index is 0.269. The maximum Gasteiger partial charge on any atom is 0.0704 e. The summed E-state index contributed by atoms with van der Waals surface area (Å²) in [4.78, 5) is 0. The zero-order chi connectivity index (χ0) is 11.1. The van der Waals surface area contributed by atoms with Gasteiger partial charge < -0.3 is 9.47 Å². The molecule has 1 aliphatic carbocycles. The van der Waals surface area contributed by atoms with Crippen LogP contribution in [0.3, 0.4) is 0 Å². The molecule has 2 nitrogen and oxygen atoms in total. The summed E-state index contributed by atoms with van der Waals surface area (Å²) in [5.41, 5.74) is 0.269. The molecular weight excluding hydrogens is 188 g/mol. The Labute approximate surface area is 94.3 Å². The van der Waals surface area contributed by atoms with Crippen LogP contribution in [0.15, 0.2) is 0 Å². The van der Waals surface area contributed by atoms with Crippen LogP contribution >= 0.6 is 0 Å². The second-order valence-electron chi connectivity index (χ2n) is 5.74. The van der Waals surface area contributed by atoms with Crippen molar-refractivity contribution in [2.45, 2.75) is 59.0 Å². The minimum atomic E-state index is 0.269. The molecule has 1 rings (SSSR count). The highest BCUT2D eigenvalue weighted by molar-refractivity contribution is 4.65. The molecule has 0 saturated heterocycles. The van der Waals surface area contributed by atoms with E-state index in [0.717, 1.165) is 19.8 Å². The summed E-state index contributed by atoms with van der Waals surface area (Å²) >= 11 is 0. The number of rotatable bonds is 5. The maximum atomic E-state index is 5.77. The molecule has 0 atom stereocenters. The quantitative estimate of drug-likeness (QED) is 0.653. The molecule has 0 aromatic heterocycles. The normalized spacial score (nSPS) is 19.4. The Kier molecular flexibility index (Phi) is 5.62. The van der Waals surface area contributed by atoms with Gasteiger partial charge in [0.2, 0.25) is 0 Å². The lowest BCUT2D eigenvalue weighted by Gasteiger charge is -2.22. The topological polar surface area (TPSA) is 18.5 Å². The zero-order valence-electron chi connectivity index (χ0n) is 10.6. The van der Waals surface area contributed by atoms with E-state index in [0.29, 0.717) is 6.10 Å². The van der Waals surface area contributed by atoms with Crippen molar-refractivity contribution in [3.05, 3.63) is 0 Å². The van der Waals surface area contributed by atoms with E-state index in [4.69, 9.17) is 9.47 Å². The minimum Gasteiger partial charge on any atom is -0.379 e. The third kappa shape index (κ3) is 6.91. The first-order valence-corrected chi connectivity index (χ1v) is 6.27. The average molecular weight is 214 g/mol. The first-order valence-electron chi connectivity index (χ1n) is 6.27. The summed E-state index contributed by atoms with van der Waals surface area (Å²) in [6.45, 7) is 8.90. The van der Waals surface area contributed by atoms with Crippen LogP contribution in [0.2, 0.25) is 0 Å². The molecule has 0 unspecified atom stereocenters. The molecule has 0 spiro atoms. The first-order chi connectivity index (χ1) is 7.08. The Morgan fingerprint density at radius 3 is 2.27 bits per heavy atom. The third-order valence-corrected chi connectivity index (χ3v) is 2.67. The van der Waals surface area contributed by atoms with Crippen LogP contribution in [0.4, 0.5) is 0 Å².